The smallest absolute Gasteiger partial charge is 0.362 e. The molecule has 0 saturated heterocycles. The maximum absolute atomic E-state index is 11.0. The second-order valence-electron chi connectivity index (χ2n) is 2.16. The standard InChI is InChI=1S/C6H9Cl3O4/c1-5(11-2,12-3)13-4(10)6(7,8)9/h1-3H3. The van der Waals surface area contributed by atoms with Gasteiger partial charge in [-0.05, 0) is 0 Å². The number of esters is 1. The van der Waals surface area contributed by atoms with Crippen molar-refractivity contribution in [3.63, 3.8) is 0 Å². The largest absolute Gasteiger partial charge is 0.405 e. The lowest BCUT2D eigenvalue weighted by molar-refractivity contribution is -0.332. The van der Waals surface area contributed by atoms with Crippen LogP contribution in [0.4, 0.5) is 0 Å². The summed E-state index contributed by atoms with van der Waals surface area (Å²) in [6.45, 7) is 1.36. The van der Waals surface area contributed by atoms with Crippen molar-refractivity contribution in [2.75, 3.05) is 14.2 Å². The van der Waals surface area contributed by atoms with Crippen molar-refractivity contribution in [2.24, 2.45) is 0 Å². The van der Waals surface area contributed by atoms with Crippen LogP contribution in [0, 0.1) is 0 Å². The molecule has 0 radical (unpaired) electrons. The van der Waals surface area contributed by atoms with Crippen molar-refractivity contribution in [2.45, 2.75) is 16.7 Å². The summed E-state index contributed by atoms with van der Waals surface area (Å²) in [4.78, 5) is 11.0. The number of hydrogen-bond donors (Lipinski definition) is 0. The van der Waals surface area contributed by atoms with E-state index in [0.717, 1.165) is 0 Å². The van der Waals surface area contributed by atoms with Crippen molar-refractivity contribution >= 4 is 40.8 Å². The van der Waals surface area contributed by atoms with E-state index in [9.17, 15) is 4.79 Å². The molecule has 0 aliphatic rings. The molecule has 78 valence electrons. The molecule has 0 heterocycles. The van der Waals surface area contributed by atoms with Crippen LogP contribution in [-0.4, -0.2) is 30.0 Å². The normalized spacial score (nSPS) is 12.8. The van der Waals surface area contributed by atoms with Crippen LogP contribution < -0.4 is 0 Å². The van der Waals surface area contributed by atoms with Crippen LogP contribution >= 0.6 is 34.8 Å². The van der Waals surface area contributed by atoms with Gasteiger partial charge >= 0.3 is 11.9 Å². The summed E-state index contributed by atoms with van der Waals surface area (Å²) in [7, 11) is 2.57. The zero-order valence-electron chi connectivity index (χ0n) is 7.27. The molecule has 0 saturated carbocycles. The first-order valence-corrected chi connectivity index (χ1v) is 4.29. The molecule has 0 aliphatic carbocycles. The van der Waals surface area contributed by atoms with Crippen molar-refractivity contribution in [3.8, 4) is 0 Å². The van der Waals surface area contributed by atoms with Gasteiger partial charge < -0.3 is 14.2 Å². The molecule has 0 unspecified atom stereocenters. The van der Waals surface area contributed by atoms with E-state index in [4.69, 9.17) is 44.3 Å². The molecule has 0 bridgehead atoms. The third kappa shape index (κ3) is 4.33. The van der Waals surface area contributed by atoms with Crippen molar-refractivity contribution in [1.82, 2.24) is 0 Å². The van der Waals surface area contributed by atoms with Crippen LogP contribution in [-0.2, 0) is 19.0 Å². The highest BCUT2D eigenvalue weighted by Crippen LogP contribution is 2.29. The molecular weight excluding hydrogens is 242 g/mol. The van der Waals surface area contributed by atoms with E-state index in [0.29, 0.717) is 0 Å². The molecule has 0 aromatic heterocycles. The Labute approximate surface area is 91.0 Å². The van der Waals surface area contributed by atoms with Crippen molar-refractivity contribution in [3.05, 3.63) is 0 Å². The van der Waals surface area contributed by atoms with E-state index in [1.807, 2.05) is 0 Å². The lowest BCUT2D eigenvalue weighted by Crippen LogP contribution is -2.39. The molecule has 0 N–H and O–H groups in total. The van der Waals surface area contributed by atoms with E-state index in [1.54, 1.807) is 0 Å². The number of alkyl halides is 3. The fourth-order valence-corrected chi connectivity index (χ4v) is 0.509. The average Bonchev–Trinajstić information content (AvgIpc) is 2.02. The molecule has 0 amide bonds. The minimum absolute atomic E-state index is 1.07. The highest BCUT2D eigenvalue weighted by Gasteiger charge is 2.39. The second kappa shape index (κ2) is 4.66. The summed E-state index contributed by atoms with van der Waals surface area (Å²) in [5.41, 5.74) is 0. The zero-order valence-corrected chi connectivity index (χ0v) is 9.53. The number of carbonyl (C=O) groups excluding carboxylic acids is 1. The molecule has 0 rings (SSSR count). The molecule has 0 aromatic rings. The van der Waals surface area contributed by atoms with Crippen molar-refractivity contribution < 1.29 is 19.0 Å². The van der Waals surface area contributed by atoms with Crippen LogP contribution in [0.5, 0.6) is 0 Å². The fourth-order valence-electron chi connectivity index (χ4n) is 0.393. The molecule has 4 nitrogen and oxygen atoms in total. The number of carbonyl (C=O) groups is 1. The Balaban J connectivity index is 4.35. The number of rotatable bonds is 3. The third-order valence-corrected chi connectivity index (χ3v) is 1.71. The minimum Gasteiger partial charge on any atom is -0.405 e. The van der Waals surface area contributed by atoms with E-state index >= 15 is 0 Å². The van der Waals surface area contributed by atoms with Crippen LogP contribution in [0.3, 0.4) is 0 Å². The van der Waals surface area contributed by atoms with Gasteiger partial charge in [-0.25, -0.2) is 4.79 Å². The molecule has 7 heteroatoms. The average molecular weight is 251 g/mol. The monoisotopic (exact) mass is 250 g/mol. The number of ether oxygens (including phenoxy) is 3. The molecule has 0 fully saturated rings. The van der Waals surface area contributed by atoms with Gasteiger partial charge in [-0.3, -0.25) is 0 Å². The number of halogens is 3. The van der Waals surface area contributed by atoms with Gasteiger partial charge in [0.1, 0.15) is 0 Å². The summed E-state index contributed by atoms with van der Waals surface area (Å²) in [6, 6.07) is 0. The Bertz CT molecular complexity index is 185. The Morgan fingerprint density at radius 3 is 1.77 bits per heavy atom. The van der Waals surface area contributed by atoms with E-state index < -0.39 is 15.7 Å². The Morgan fingerprint density at radius 2 is 1.54 bits per heavy atom. The van der Waals surface area contributed by atoms with Crippen molar-refractivity contribution in [1.29, 1.82) is 0 Å². The van der Waals surface area contributed by atoms with Crippen LogP contribution in [0.2, 0.25) is 0 Å². The van der Waals surface area contributed by atoms with E-state index in [1.165, 1.54) is 21.1 Å². The van der Waals surface area contributed by atoms with Crippen LogP contribution in [0.25, 0.3) is 0 Å². The van der Waals surface area contributed by atoms with Gasteiger partial charge in [-0.15, -0.1) is 0 Å². The van der Waals surface area contributed by atoms with E-state index in [-0.39, 0.29) is 0 Å². The van der Waals surface area contributed by atoms with Gasteiger partial charge in [0.25, 0.3) is 3.79 Å². The summed E-state index contributed by atoms with van der Waals surface area (Å²) in [5.74, 6) is -2.61. The first-order valence-electron chi connectivity index (χ1n) is 3.15. The fraction of sp³-hybridized carbons (Fsp3) is 0.833. The van der Waals surface area contributed by atoms with Crippen LogP contribution in [0.15, 0.2) is 0 Å². The zero-order chi connectivity index (χ0) is 10.7. The highest BCUT2D eigenvalue weighted by molar-refractivity contribution is 6.75. The van der Waals surface area contributed by atoms with E-state index in [2.05, 4.69) is 4.74 Å². The van der Waals surface area contributed by atoms with Gasteiger partial charge in [0.15, 0.2) is 0 Å². The van der Waals surface area contributed by atoms with Gasteiger partial charge in [0.2, 0.25) is 0 Å². The Kier molecular flexibility index (Phi) is 4.76. The Hall–Kier alpha value is 0.260. The minimum atomic E-state index is -2.14. The van der Waals surface area contributed by atoms with Gasteiger partial charge in [-0.2, -0.15) is 0 Å². The quantitative estimate of drug-likeness (QED) is 0.436. The molecular formula is C6H9Cl3O4. The summed E-state index contributed by atoms with van der Waals surface area (Å²) >= 11 is 15.7. The summed E-state index contributed by atoms with van der Waals surface area (Å²) in [6.07, 6.45) is 0. The highest BCUT2D eigenvalue weighted by atomic mass is 35.6. The van der Waals surface area contributed by atoms with Gasteiger partial charge in [-0.1, -0.05) is 34.8 Å². The third-order valence-electron chi connectivity index (χ3n) is 1.25. The predicted molar refractivity (Wildman–Crippen MR) is 48.8 cm³/mol. The summed E-state index contributed by atoms with van der Waals surface area (Å²) < 4.78 is 11.9. The van der Waals surface area contributed by atoms with Gasteiger partial charge in [0.05, 0.1) is 0 Å². The first-order chi connectivity index (χ1) is 5.75. The maximum atomic E-state index is 11.0. The SMILES string of the molecule is COC(C)(OC)OC(=O)C(Cl)(Cl)Cl. The lowest BCUT2D eigenvalue weighted by atomic mass is 10.6. The molecule has 0 atom stereocenters. The van der Waals surface area contributed by atoms with Gasteiger partial charge in [0, 0.05) is 21.1 Å². The molecule has 0 spiro atoms. The maximum Gasteiger partial charge on any atom is 0.362 e. The first kappa shape index (κ1) is 13.3. The van der Waals surface area contributed by atoms with Crippen LogP contribution in [0.1, 0.15) is 6.92 Å². The molecule has 0 aromatic carbocycles. The molecule has 0 aliphatic heterocycles. The summed E-state index contributed by atoms with van der Waals surface area (Å²) in [5, 5.41) is 0. The second-order valence-corrected chi connectivity index (χ2v) is 4.44. The molecule has 13 heavy (non-hydrogen) atoms. The number of hydrogen-bond acceptors (Lipinski definition) is 4. The Morgan fingerprint density at radius 1 is 1.15 bits per heavy atom. The number of methoxy groups -OCH3 is 2. The predicted octanol–water partition coefficient (Wildman–Crippen LogP) is 1.87. The lowest BCUT2D eigenvalue weighted by Gasteiger charge is -2.26. The topological polar surface area (TPSA) is 44.8 Å².